The van der Waals surface area contributed by atoms with Crippen LogP contribution in [-0.4, -0.2) is 68.9 Å². The second-order valence-corrected chi connectivity index (χ2v) is 12.9. The third kappa shape index (κ3) is 4.68. The van der Waals surface area contributed by atoms with Gasteiger partial charge < -0.3 is 29.2 Å². The van der Waals surface area contributed by atoms with Gasteiger partial charge in [0.15, 0.2) is 5.82 Å². The number of pyridine rings is 1. The number of carbonyl (C=O) groups excluding carboxylic acids is 2. The number of nitrogens with one attached hydrogen (secondary N) is 1. The van der Waals surface area contributed by atoms with Gasteiger partial charge in [0, 0.05) is 60.4 Å². The summed E-state index contributed by atoms with van der Waals surface area (Å²) in [7, 11) is 4.97. The Morgan fingerprint density at radius 1 is 1.02 bits per heavy atom. The normalized spacial score (nSPS) is 20.5. The first kappa shape index (κ1) is 28.6. The number of amides is 2. The van der Waals surface area contributed by atoms with Crippen LogP contribution < -0.4 is 15.8 Å². The number of ether oxygens (including phenoxy) is 2. The molecule has 0 unspecified atom stereocenters. The summed E-state index contributed by atoms with van der Waals surface area (Å²) in [5.41, 5.74) is 12.7. The second-order valence-electron chi connectivity index (χ2n) is 12.9. The number of piperidine rings is 1. The van der Waals surface area contributed by atoms with Crippen LogP contribution in [0, 0.1) is 11.8 Å². The number of fused-ring (bicyclic) bond motifs is 4. The average Bonchev–Trinajstić information content (AvgIpc) is 3.48. The molecule has 2 saturated carbocycles. The molecule has 2 bridgehead atoms. The lowest BCUT2D eigenvalue weighted by atomic mass is 10.1. The van der Waals surface area contributed by atoms with E-state index in [9.17, 15) is 9.59 Å². The molecule has 2 aliphatic carbocycles. The molecule has 5 aromatic rings. The number of imidazole rings is 1. The number of hydrogen-bond acceptors (Lipinski definition) is 7. The van der Waals surface area contributed by atoms with Gasteiger partial charge in [-0.1, -0.05) is 12.1 Å². The number of hydrogen-bond donors (Lipinski definition) is 2. The van der Waals surface area contributed by atoms with Gasteiger partial charge in [-0.05, 0) is 79.5 Å². The van der Waals surface area contributed by atoms with Gasteiger partial charge in [0.2, 0.25) is 0 Å². The molecule has 0 spiro atoms. The topological polar surface area (TPSA) is 130 Å². The molecule has 1 saturated heterocycles. The van der Waals surface area contributed by atoms with E-state index in [1.54, 1.807) is 19.4 Å². The van der Waals surface area contributed by atoms with Crippen LogP contribution in [0.2, 0.25) is 0 Å². The lowest BCUT2D eigenvalue weighted by Gasteiger charge is -2.27. The molecule has 2 amide bonds. The van der Waals surface area contributed by atoms with Crippen LogP contribution in [0.15, 0.2) is 54.7 Å². The van der Waals surface area contributed by atoms with Crippen molar-refractivity contribution in [2.24, 2.45) is 24.6 Å². The molecule has 8 rings (SSSR count). The molecular weight excluding hydrogens is 582 g/mol. The quantitative estimate of drug-likeness (QED) is 0.249. The molecule has 11 heteroatoms. The molecule has 3 aromatic heterocycles. The van der Waals surface area contributed by atoms with Crippen LogP contribution in [0.3, 0.4) is 0 Å². The maximum Gasteiger partial charge on any atom is 0.412 e. The monoisotopic (exact) mass is 619 g/mol. The van der Waals surface area contributed by atoms with Gasteiger partial charge in [0.25, 0.3) is 5.91 Å². The number of nitrogens with two attached hydrogens (primary N) is 1. The summed E-state index contributed by atoms with van der Waals surface area (Å²) in [4.78, 5) is 36.8. The van der Waals surface area contributed by atoms with Crippen molar-refractivity contribution >= 4 is 39.8 Å². The summed E-state index contributed by atoms with van der Waals surface area (Å²) in [6, 6.07) is 16.2. The fraction of sp³-hybridized carbons (Fsp3) is 0.371. The van der Waals surface area contributed by atoms with Crippen molar-refractivity contribution in [1.82, 2.24) is 24.0 Å². The van der Waals surface area contributed by atoms with Crippen LogP contribution >= 0.6 is 0 Å². The van der Waals surface area contributed by atoms with Gasteiger partial charge in [0.05, 0.1) is 25.4 Å². The predicted octanol–water partition coefficient (Wildman–Crippen LogP) is 5.42. The molecule has 4 heterocycles. The van der Waals surface area contributed by atoms with Crippen LogP contribution in [0.4, 0.5) is 10.6 Å². The van der Waals surface area contributed by atoms with Crippen molar-refractivity contribution in [1.29, 1.82) is 0 Å². The Labute approximate surface area is 266 Å². The van der Waals surface area contributed by atoms with Crippen molar-refractivity contribution in [3.8, 4) is 28.4 Å². The Hall–Kier alpha value is -4.90. The summed E-state index contributed by atoms with van der Waals surface area (Å²) < 4.78 is 15.0. The first-order valence-electron chi connectivity index (χ1n) is 15.9. The van der Waals surface area contributed by atoms with Gasteiger partial charge in [-0.3, -0.25) is 10.1 Å². The fourth-order valence-corrected chi connectivity index (χ4v) is 7.44. The second kappa shape index (κ2) is 10.9. The first-order valence-corrected chi connectivity index (χ1v) is 15.9. The Morgan fingerprint density at radius 3 is 2.52 bits per heavy atom. The van der Waals surface area contributed by atoms with E-state index in [2.05, 4.69) is 48.4 Å². The third-order valence-corrected chi connectivity index (χ3v) is 10.1. The number of methoxy groups -OCH3 is 2. The Balaban J connectivity index is 1.19. The standard InChI is InChI=1S/C35H37N7O4/c1-40-32-25(12-24(15-29(32)45-2)34(43)42-18-23-8-10-26(42)31(23)36)38-33(40)28-14-21-7-6-20(13-27(21)41(28)17-19-4-5-19)22-9-11-30(37-16-22)39-35(44)46-3/h6-7,9,11-16,19,23,26,31H,4-5,8,10,17-18,36H2,1-3H3,(H,37,39,44)/t23-,26-,31-/m1/s1. The Kier molecular flexibility index (Phi) is 6.75. The number of aryl methyl sites for hydroxylation is 1. The zero-order valence-electron chi connectivity index (χ0n) is 26.2. The van der Waals surface area contributed by atoms with Gasteiger partial charge in [-0.15, -0.1) is 0 Å². The lowest BCUT2D eigenvalue weighted by Crippen LogP contribution is -2.41. The van der Waals surface area contributed by atoms with E-state index >= 15 is 0 Å². The molecule has 2 aromatic carbocycles. The highest BCUT2D eigenvalue weighted by Gasteiger charge is 2.47. The van der Waals surface area contributed by atoms with Crippen molar-refractivity contribution in [2.75, 3.05) is 26.1 Å². The number of nitrogens with zero attached hydrogens (tertiary/aromatic N) is 5. The molecular formula is C35H37N7O4. The van der Waals surface area contributed by atoms with Gasteiger partial charge in [-0.2, -0.15) is 0 Å². The van der Waals surface area contributed by atoms with Crippen LogP contribution in [-0.2, 0) is 18.3 Å². The highest BCUT2D eigenvalue weighted by molar-refractivity contribution is 6.00. The van der Waals surface area contributed by atoms with Crippen LogP contribution in [0.25, 0.3) is 44.6 Å². The number of carbonyl (C=O) groups is 2. The fourth-order valence-electron chi connectivity index (χ4n) is 7.44. The van der Waals surface area contributed by atoms with Crippen LogP contribution in [0.5, 0.6) is 5.75 Å². The summed E-state index contributed by atoms with van der Waals surface area (Å²) in [6.07, 6.45) is 5.67. The van der Waals surface area contributed by atoms with Gasteiger partial charge in [-0.25, -0.2) is 14.8 Å². The largest absolute Gasteiger partial charge is 0.494 e. The number of benzene rings is 2. The number of rotatable bonds is 7. The highest BCUT2D eigenvalue weighted by Crippen LogP contribution is 2.40. The van der Waals surface area contributed by atoms with Gasteiger partial charge >= 0.3 is 6.09 Å². The molecule has 3 N–H and O–H groups in total. The maximum absolute atomic E-state index is 13.7. The molecule has 1 aliphatic heterocycles. The zero-order chi connectivity index (χ0) is 31.7. The first-order chi connectivity index (χ1) is 22.3. The van der Waals surface area contributed by atoms with Crippen LogP contribution in [0.1, 0.15) is 36.0 Å². The minimum atomic E-state index is -0.558. The van der Waals surface area contributed by atoms with E-state index in [-0.39, 0.29) is 18.0 Å². The molecule has 3 fully saturated rings. The number of likely N-dealkylation sites (tertiary alicyclic amines) is 1. The lowest BCUT2D eigenvalue weighted by molar-refractivity contribution is 0.0700. The molecule has 3 aliphatic rings. The van der Waals surface area contributed by atoms with E-state index in [0.717, 1.165) is 64.0 Å². The van der Waals surface area contributed by atoms with Crippen molar-refractivity contribution in [3.05, 3.63) is 60.3 Å². The number of aromatic nitrogens is 4. The van der Waals surface area contributed by atoms with Crippen molar-refractivity contribution in [3.63, 3.8) is 0 Å². The predicted molar refractivity (Wildman–Crippen MR) is 176 cm³/mol. The van der Waals surface area contributed by atoms with E-state index in [1.165, 1.54) is 20.0 Å². The van der Waals surface area contributed by atoms with E-state index < -0.39 is 6.09 Å². The third-order valence-electron chi connectivity index (χ3n) is 10.1. The molecule has 0 radical (unpaired) electrons. The smallest absolute Gasteiger partial charge is 0.412 e. The Morgan fingerprint density at radius 2 is 1.85 bits per heavy atom. The maximum atomic E-state index is 13.7. The summed E-state index contributed by atoms with van der Waals surface area (Å²) >= 11 is 0. The van der Waals surface area contributed by atoms with E-state index in [4.69, 9.17) is 15.5 Å². The van der Waals surface area contributed by atoms with E-state index in [1.807, 2.05) is 30.1 Å². The van der Waals surface area contributed by atoms with Gasteiger partial charge in [0.1, 0.15) is 17.1 Å². The summed E-state index contributed by atoms with van der Waals surface area (Å²) in [5.74, 6) is 2.87. The highest BCUT2D eigenvalue weighted by atomic mass is 16.5. The number of anilines is 1. The summed E-state index contributed by atoms with van der Waals surface area (Å²) in [5, 5.41) is 3.71. The summed E-state index contributed by atoms with van der Waals surface area (Å²) in [6.45, 7) is 1.61. The zero-order valence-corrected chi connectivity index (χ0v) is 26.2. The van der Waals surface area contributed by atoms with Crippen molar-refractivity contribution < 1.29 is 19.1 Å². The molecule has 3 atom stereocenters. The van der Waals surface area contributed by atoms with E-state index in [0.29, 0.717) is 35.5 Å². The molecule has 11 nitrogen and oxygen atoms in total. The Bertz CT molecular complexity index is 2010. The van der Waals surface area contributed by atoms with Crippen molar-refractivity contribution in [2.45, 2.75) is 44.3 Å². The average molecular weight is 620 g/mol. The molecule has 236 valence electrons. The minimum Gasteiger partial charge on any atom is -0.494 e. The SMILES string of the molecule is COC(=O)Nc1ccc(-c2ccc3cc(-c4nc5cc(C(=O)N6C[C@H]7CC[C@@H]6[C@@H]7N)cc(OC)c5n4C)n(CC4CC4)c3c2)cn1. The minimum absolute atomic E-state index is 0.00553. The molecule has 46 heavy (non-hydrogen) atoms.